The van der Waals surface area contributed by atoms with Gasteiger partial charge in [0.05, 0.1) is 10.6 Å². The predicted molar refractivity (Wildman–Crippen MR) is 76.0 cm³/mol. The van der Waals surface area contributed by atoms with E-state index >= 15 is 0 Å². The first-order valence-electron chi connectivity index (χ1n) is 6.00. The molecule has 0 atom stereocenters. The maximum atomic E-state index is 13.5. The van der Waals surface area contributed by atoms with Crippen molar-refractivity contribution in [3.05, 3.63) is 57.9 Å². The number of hydrogen-bond donors (Lipinski definition) is 0. The van der Waals surface area contributed by atoms with E-state index in [1.807, 2.05) is 17.5 Å². The third-order valence-electron chi connectivity index (χ3n) is 2.72. The second-order valence-corrected chi connectivity index (χ2v) is 6.01. The zero-order chi connectivity index (χ0) is 15.7. The summed E-state index contributed by atoms with van der Waals surface area (Å²) in [6.45, 7) is -0.293. The van der Waals surface area contributed by atoms with Crippen LogP contribution in [0.15, 0.2) is 29.0 Å². The first-order chi connectivity index (χ1) is 10.6. The van der Waals surface area contributed by atoms with Gasteiger partial charge in [-0.1, -0.05) is 6.07 Å². The molecule has 22 heavy (non-hydrogen) atoms. The molecule has 0 radical (unpaired) electrons. The van der Waals surface area contributed by atoms with Gasteiger partial charge in [0.15, 0.2) is 17.4 Å². The van der Waals surface area contributed by atoms with Crippen molar-refractivity contribution in [2.24, 2.45) is 0 Å². The van der Waals surface area contributed by atoms with E-state index in [2.05, 4.69) is 4.98 Å². The Balaban J connectivity index is 1.79. The highest BCUT2D eigenvalue weighted by molar-refractivity contribution is 7.20. The average molecular weight is 345 g/mol. The van der Waals surface area contributed by atoms with Gasteiger partial charge in [0.2, 0.25) is 11.6 Å². The van der Waals surface area contributed by atoms with Crippen LogP contribution in [0.1, 0.15) is 5.69 Å². The molecule has 3 rings (SSSR count). The van der Waals surface area contributed by atoms with Crippen LogP contribution in [0.3, 0.4) is 0 Å². The molecule has 0 bridgehead atoms. The molecule has 0 aliphatic heterocycles. The highest BCUT2D eigenvalue weighted by atomic mass is 32.1. The van der Waals surface area contributed by atoms with Gasteiger partial charge in [-0.15, -0.1) is 22.7 Å². The molecule has 0 N–H and O–H groups in total. The zero-order valence-electron chi connectivity index (χ0n) is 10.8. The van der Waals surface area contributed by atoms with E-state index in [9.17, 15) is 17.6 Å². The van der Waals surface area contributed by atoms with Crippen LogP contribution < -0.4 is 4.74 Å². The first-order valence-corrected chi connectivity index (χ1v) is 7.76. The van der Waals surface area contributed by atoms with E-state index < -0.39 is 29.0 Å². The van der Waals surface area contributed by atoms with Crippen LogP contribution in [0.25, 0.3) is 9.88 Å². The van der Waals surface area contributed by atoms with Crippen molar-refractivity contribution >= 4 is 22.7 Å². The van der Waals surface area contributed by atoms with Gasteiger partial charge in [-0.3, -0.25) is 0 Å². The molecule has 0 saturated heterocycles. The Bertz CT molecular complexity index is 775. The lowest BCUT2D eigenvalue weighted by Crippen LogP contribution is -2.04. The van der Waals surface area contributed by atoms with Gasteiger partial charge >= 0.3 is 0 Å². The lowest BCUT2D eigenvalue weighted by molar-refractivity contribution is 0.259. The molecule has 0 amide bonds. The topological polar surface area (TPSA) is 22.1 Å². The monoisotopic (exact) mass is 345 g/mol. The number of thiophene rings is 1. The molecule has 0 spiro atoms. The van der Waals surface area contributed by atoms with E-state index in [4.69, 9.17) is 4.74 Å². The normalized spacial score (nSPS) is 10.9. The summed E-state index contributed by atoms with van der Waals surface area (Å²) in [4.78, 5) is 5.19. The minimum Gasteiger partial charge on any atom is -0.481 e. The maximum Gasteiger partial charge on any atom is 0.203 e. The van der Waals surface area contributed by atoms with Crippen LogP contribution in [-0.4, -0.2) is 4.98 Å². The predicted octanol–water partition coefficient (Wildman–Crippen LogP) is 5.01. The van der Waals surface area contributed by atoms with Crippen LogP contribution in [0.5, 0.6) is 5.75 Å². The number of thiazole rings is 1. The van der Waals surface area contributed by atoms with Crippen molar-refractivity contribution in [2.45, 2.75) is 6.61 Å². The quantitative estimate of drug-likeness (QED) is 0.490. The summed E-state index contributed by atoms with van der Waals surface area (Å²) in [6, 6.07) is 3.89. The number of aromatic nitrogens is 1. The first kappa shape index (κ1) is 15.0. The van der Waals surface area contributed by atoms with Crippen LogP contribution in [-0.2, 0) is 6.61 Å². The Morgan fingerprint density at radius 1 is 1.05 bits per heavy atom. The Kier molecular flexibility index (Phi) is 4.12. The van der Waals surface area contributed by atoms with Crippen molar-refractivity contribution in [1.29, 1.82) is 0 Å². The number of rotatable bonds is 4. The number of nitrogens with zero attached hydrogens (tertiary/aromatic N) is 1. The Hall–Kier alpha value is -1.93. The molecule has 2 heterocycles. The van der Waals surface area contributed by atoms with Crippen LogP contribution in [0.4, 0.5) is 17.6 Å². The van der Waals surface area contributed by atoms with Crippen molar-refractivity contribution in [1.82, 2.24) is 4.98 Å². The van der Waals surface area contributed by atoms with E-state index in [1.165, 1.54) is 22.7 Å². The van der Waals surface area contributed by atoms with Gasteiger partial charge < -0.3 is 4.74 Å². The van der Waals surface area contributed by atoms with Crippen LogP contribution >= 0.6 is 22.7 Å². The molecule has 114 valence electrons. The van der Waals surface area contributed by atoms with Gasteiger partial charge in [-0.25, -0.2) is 13.8 Å². The number of ether oxygens (including phenoxy) is 1. The standard InChI is InChI=1S/C14H7F4NOS2/c15-8-4-9(16)12(18)13(11(8)17)20-5-7-6-22-14(19-7)10-2-1-3-21-10/h1-4,6H,5H2. The van der Waals surface area contributed by atoms with Gasteiger partial charge in [0, 0.05) is 11.4 Å². The maximum absolute atomic E-state index is 13.5. The van der Waals surface area contributed by atoms with E-state index in [0.29, 0.717) is 5.69 Å². The van der Waals surface area contributed by atoms with Gasteiger partial charge in [-0.05, 0) is 11.4 Å². The molecular formula is C14H7F4NOS2. The average Bonchev–Trinajstić information content (AvgIpc) is 3.16. The summed E-state index contributed by atoms with van der Waals surface area (Å²) < 4.78 is 57.9. The van der Waals surface area contributed by atoms with Gasteiger partial charge in [0.25, 0.3) is 0 Å². The number of benzene rings is 1. The molecule has 0 aliphatic rings. The second-order valence-electron chi connectivity index (χ2n) is 4.21. The second kappa shape index (κ2) is 6.05. The summed E-state index contributed by atoms with van der Waals surface area (Å²) in [5.41, 5.74) is 0.414. The lowest BCUT2D eigenvalue weighted by Gasteiger charge is -2.08. The van der Waals surface area contributed by atoms with E-state index in [0.717, 1.165) is 9.88 Å². The molecule has 0 unspecified atom stereocenters. The molecule has 8 heteroatoms. The third kappa shape index (κ3) is 2.84. The Morgan fingerprint density at radius 2 is 1.77 bits per heavy atom. The number of hydrogen-bond acceptors (Lipinski definition) is 4. The minimum absolute atomic E-state index is 0.134. The molecular weight excluding hydrogens is 338 g/mol. The van der Waals surface area contributed by atoms with E-state index in [1.54, 1.807) is 5.38 Å². The molecule has 0 saturated carbocycles. The molecule has 0 fully saturated rings. The molecule has 2 aromatic heterocycles. The SMILES string of the molecule is Fc1cc(F)c(F)c(OCc2csc(-c3cccs3)n2)c1F. The Morgan fingerprint density at radius 3 is 2.41 bits per heavy atom. The summed E-state index contributed by atoms with van der Waals surface area (Å²) in [7, 11) is 0. The highest BCUT2D eigenvalue weighted by Gasteiger charge is 2.21. The molecule has 3 aromatic rings. The molecule has 0 aliphatic carbocycles. The minimum atomic E-state index is -1.56. The van der Waals surface area contributed by atoms with Crippen molar-refractivity contribution in [3.8, 4) is 15.6 Å². The third-order valence-corrected chi connectivity index (χ3v) is 4.65. The van der Waals surface area contributed by atoms with Crippen LogP contribution in [0, 0.1) is 23.3 Å². The van der Waals surface area contributed by atoms with Crippen molar-refractivity contribution in [3.63, 3.8) is 0 Å². The largest absolute Gasteiger partial charge is 0.481 e. The van der Waals surface area contributed by atoms with Gasteiger partial charge in [0.1, 0.15) is 11.6 Å². The lowest BCUT2D eigenvalue weighted by atomic mass is 10.3. The van der Waals surface area contributed by atoms with Crippen LogP contribution in [0.2, 0.25) is 0 Å². The van der Waals surface area contributed by atoms with Crippen molar-refractivity contribution in [2.75, 3.05) is 0 Å². The highest BCUT2D eigenvalue weighted by Crippen LogP contribution is 2.30. The zero-order valence-corrected chi connectivity index (χ0v) is 12.4. The number of halogens is 4. The van der Waals surface area contributed by atoms with Crippen molar-refractivity contribution < 1.29 is 22.3 Å². The smallest absolute Gasteiger partial charge is 0.203 e. The van der Waals surface area contributed by atoms with E-state index in [-0.39, 0.29) is 12.7 Å². The summed E-state index contributed by atoms with van der Waals surface area (Å²) in [5.74, 6) is -7.22. The Labute approximate surface area is 130 Å². The summed E-state index contributed by atoms with van der Waals surface area (Å²) in [5, 5.41) is 4.29. The fourth-order valence-corrected chi connectivity index (χ4v) is 3.33. The molecule has 1 aromatic carbocycles. The summed E-state index contributed by atoms with van der Waals surface area (Å²) >= 11 is 2.84. The fourth-order valence-electron chi connectivity index (χ4n) is 1.71. The summed E-state index contributed by atoms with van der Waals surface area (Å²) in [6.07, 6.45) is 0. The van der Waals surface area contributed by atoms with Gasteiger partial charge in [-0.2, -0.15) is 8.78 Å². The fraction of sp³-hybridized carbons (Fsp3) is 0.0714. The molecule has 2 nitrogen and oxygen atoms in total.